The van der Waals surface area contributed by atoms with Crippen molar-refractivity contribution in [1.29, 1.82) is 0 Å². The van der Waals surface area contributed by atoms with Crippen LogP contribution in [-0.2, 0) is 0 Å². The molecule has 0 spiro atoms. The molecule has 1 aliphatic carbocycles. The molecule has 0 saturated heterocycles. The summed E-state index contributed by atoms with van der Waals surface area (Å²) in [5.41, 5.74) is 3.69. The van der Waals surface area contributed by atoms with E-state index in [0.717, 1.165) is 36.3 Å². The Morgan fingerprint density at radius 2 is 1.88 bits per heavy atom. The molecule has 0 radical (unpaired) electrons. The number of ether oxygens (including phenoxy) is 1. The number of phenols is 1. The summed E-state index contributed by atoms with van der Waals surface area (Å²) in [6, 6.07) is 12.7. The first kappa shape index (κ1) is 16.6. The van der Waals surface area contributed by atoms with Gasteiger partial charge >= 0.3 is 0 Å². The van der Waals surface area contributed by atoms with E-state index in [4.69, 9.17) is 16.3 Å². The lowest BCUT2D eigenvalue weighted by molar-refractivity contribution is 0.111. The average molecular weight is 343 g/mol. The third-order valence-electron chi connectivity index (χ3n) is 4.34. The van der Waals surface area contributed by atoms with Crippen LogP contribution in [0.2, 0.25) is 5.02 Å². The molecule has 2 aromatic rings. The van der Waals surface area contributed by atoms with Crippen LogP contribution in [0.5, 0.6) is 11.5 Å². The van der Waals surface area contributed by atoms with Crippen LogP contribution in [0.25, 0.3) is 5.57 Å². The Labute approximate surface area is 146 Å². The van der Waals surface area contributed by atoms with Gasteiger partial charge in [0.25, 0.3) is 0 Å². The minimum Gasteiger partial charge on any atom is -0.507 e. The van der Waals surface area contributed by atoms with Crippen molar-refractivity contribution in [2.75, 3.05) is 6.61 Å². The lowest BCUT2D eigenvalue weighted by Gasteiger charge is -2.22. The summed E-state index contributed by atoms with van der Waals surface area (Å²) < 4.78 is 5.85. The minimum absolute atomic E-state index is 0.0635. The fraction of sp³-hybridized carbons (Fsp3) is 0.250. The van der Waals surface area contributed by atoms with E-state index in [1.165, 1.54) is 17.2 Å². The van der Waals surface area contributed by atoms with Gasteiger partial charge in [-0.1, -0.05) is 35.9 Å². The number of aldehydes is 1. The van der Waals surface area contributed by atoms with Crippen molar-refractivity contribution in [3.8, 4) is 11.5 Å². The zero-order valence-electron chi connectivity index (χ0n) is 13.3. The predicted octanol–water partition coefficient (Wildman–Crippen LogP) is 5.26. The van der Waals surface area contributed by atoms with Crippen LogP contribution < -0.4 is 4.74 Å². The highest BCUT2D eigenvalue weighted by molar-refractivity contribution is 6.32. The summed E-state index contributed by atoms with van der Waals surface area (Å²) in [5.74, 6) is 0.341. The Morgan fingerprint density at radius 3 is 2.67 bits per heavy atom. The maximum atomic E-state index is 11.2. The highest BCUT2D eigenvalue weighted by atomic mass is 35.5. The van der Waals surface area contributed by atoms with E-state index in [2.05, 4.69) is 0 Å². The van der Waals surface area contributed by atoms with Crippen molar-refractivity contribution in [3.05, 3.63) is 64.2 Å². The van der Waals surface area contributed by atoms with Crippen LogP contribution in [0.3, 0.4) is 0 Å². The van der Waals surface area contributed by atoms with Gasteiger partial charge in [0.15, 0.2) is 6.29 Å². The number of aromatic hydroxyl groups is 1. The third kappa shape index (κ3) is 3.46. The van der Waals surface area contributed by atoms with Crippen molar-refractivity contribution < 1.29 is 14.6 Å². The Kier molecular flexibility index (Phi) is 5.21. The van der Waals surface area contributed by atoms with Gasteiger partial charge in [0.05, 0.1) is 5.56 Å². The summed E-state index contributed by atoms with van der Waals surface area (Å²) in [7, 11) is 0. The van der Waals surface area contributed by atoms with Crippen molar-refractivity contribution in [2.45, 2.75) is 25.7 Å². The largest absolute Gasteiger partial charge is 0.507 e. The monoisotopic (exact) mass is 342 g/mol. The molecular formula is C20H19ClO3. The molecule has 1 N–H and O–H groups in total. The number of halogens is 1. The first-order valence-electron chi connectivity index (χ1n) is 8.06. The molecule has 0 aliphatic heterocycles. The molecule has 3 nitrogen and oxygen atoms in total. The number of hydrogen-bond donors (Lipinski definition) is 1. The first-order chi connectivity index (χ1) is 11.7. The Balaban J connectivity index is 1.88. The average Bonchev–Trinajstić information content (AvgIpc) is 2.61. The third-order valence-corrected chi connectivity index (χ3v) is 4.67. The number of carbonyl (C=O) groups excluding carboxylic acids is 1. The van der Waals surface area contributed by atoms with Gasteiger partial charge in [-0.25, -0.2) is 0 Å². The topological polar surface area (TPSA) is 46.5 Å². The molecule has 0 atom stereocenters. The number of phenolic OH excluding ortho intramolecular Hbond substituents is 1. The molecular weight excluding hydrogens is 324 g/mol. The molecule has 124 valence electrons. The van der Waals surface area contributed by atoms with Gasteiger partial charge in [0.2, 0.25) is 0 Å². The molecule has 0 amide bonds. The molecule has 1 aliphatic rings. The molecule has 4 heteroatoms. The molecule has 0 saturated carbocycles. The van der Waals surface area contributed by atoms with Crippen LogP contribution in [0.4, 0.5) is 0 Å². The first-order valence-corrected chi connectivity index (χ1v) is 8.44. The van der Waals surface area contributed by atoms with Gasteiger partial charge in [-0.15, -0.1) is 0 Å². The Hall–Kier alpha value is -2.26. The second-order valence-corrected chi connectivity index (χ2v) is 6.27. The summed E-state index contributed by atoms with van der Waals surface area (Å²) in [6.07, 6.45) is 4.80. The van der Waals surface area contributed by atoms with E-state index in [0.29, 0.717) is 18.6 Å². The van der Waals surface area contributed by atoms with Crippen molar-refractivity contribution in [2.24, 2.45) is 0 Å². The van der Waals surface area contributed by atoms with E-state index >= 15 is 0 Å². The van der Waals surface area contributed by atoms with Gasteiger partial charge in [0.1, 0.15) is 18.1 Å². The van der Waals surface area contributed by atoms with Crippen molar-refractivity contribution in [1.82, 2.24) is 0 Å². The van der Waals surface area contributed by atoms with Crippen LogP contribution in [0, 0.1) is 0 Å². The number of allylic oxidation sites excluding steroid dienone is 1. The van der Waals surface area contributed by atoms with E-state index in [1.54, 1.807) is 12.1 Å². The molecule has 3 rings (SSSR count). The minimum atomic E-state index is -0.0635. The lowest BCUT2D eigenvalue weighted by Crippen LogP contribution is -2.09. The zero-order chi connectivity index (χ0) is 16.9. The maximum Gasteiger partial charge on any atom is 0.157 e. The zero-order valence-corrected chi connectivity index (χ0v) is 14.1. The highest BCUT2D eigenvalue weighted by Crippen LogP contribution is 2.36. The highest BCUT2D eigenvalue weighted by Gasteiger charge is 2.17. The summed E-state index contributed by atoms with van der Waals surface area (Å²) >= 11 is 6.35. The van der Waals surface area contributed by atoms with Gasteiger partial charge in [0, 0.05) is 5.02 Å². The number of rotatable bonds is 5. The van der Waals surface area contributed by atoms with Crippen molar-refractivity contribution >= 4 is 23.5 Å². The summed E-state index contributed by atoms with van der Waals surface area (Å²) in [5, 5.41) is 10.5. The van der Waals surface area contributed by atoms with Crippen LogP contribution in [-0.4, -0.2) is 18.0 Å². The maximum absolute atomic E-state index is 11.2. The summed E-state index contributed by atoms with van der Waals surface area (Å²) in [4.78, 5) is 11.2. The van der Waals surface area contributed by atoms with Crippen LogP contribution in [0.1, 0.15) is 41.6 Å². The van der Waals surface area contributed by atoms with Crippen LogP contribution >= 0.6 is 11.6 Å². The van der Waals surface area contributed by atoms with E-state index in [9.17, 15) is 9.90 Å². The van der Waals surface area contributed by atoms with Gasteiger partial charge < -0.3 is 9.84 Å². The molecule has 0 unspecified atom stereocenters. The number of hydrogen-bond acceptors (Lipinski definition) is 3. The number of benzene rings is 2. The fourth-order valence-corrected chi connectivity index (χ4v) is 3.35. The van der Waals surface area contributed by atoms with E-state index in [-0.39, 0.29) is 11.3 Å². The second-order valence-electron chi connectivity index (χ2n) is 5.86. The van der Waals surface area contributed by atoms with Gasteiger partial charge in [-0.3, -0.25) is 4.79 Å². The smallest absolute Gasteiger partial charge is 0.157 e. The molecule has 0 fully saturated rings. The van der Waals surface area contributed by atoms with Gasteiger partial charge in [-0.2, -0.15) is 0 Å². The lowest BCUT2D eigenvalue weighted by atomic mass is 9.87. The summed E-state index contributed by atoms with van der Waals surface area (Å²) in [6.45, 7) is 0.394. The Bertz CT molecular complexity index is 780. The van der Waals surface area contributed by atoms with E-state index in [1.807, 2.05) is 24.3 Å². The fourth-order valence-electron chi connectivity index (χ4n) is 3.10. The SMILES string of the molecule is O=Cc1c(O)cccc1OCC1=C(c2ccccc2Cl)CCCC1. The predicted molar refractivity (Wildman–Crippen MR) is 95.8 cm³/mol. The molecule has 24 heavy (non-hydrogen) atoms. The van der Waals surface area contributed by atoms with Crippen molar-refractivity contribution in [3.63, 3.8) is 0 Å². The quantitative estimate of drug-likeness (QED) is 0.753. The molecule has 0 aromatic heterocycles. The molecule has 0 heterocycles. The number of carbonyl (C=O) groups is 1. The second kappa shape index (κ2) is 7.54. The Morgan fingerprint density at radius 1 is 1.08 bits per heavy atom. The molecule has 0 bridgehead atoms. The van der Waals surface area contributed by atoms with Crippen LogP contribution in [0.15, 0.2) is 48.0 Å². The normalized spacial score (nSPS) is 14.5. The van der Waals surface area contributed by atoms with E-state index < -0.39 is 0 Å². The standard InChI is InChI=1S/C20H19ClO3/c21-18-9-4-3-8-16(18)15-7-2-1-6-14(15)13-24-20-11-5-10-19(23)17(20)12-22/h3-5,8-12,23H,1-2,6-7,13H2. The molecule has 2 aromatic carbocycles. The van der Waals surface area contributed by atoms with Gasteiger partial charge in [-0.05, 0) is 60.6 Å².